The molecule has 0 amide bonds. The lowest BCUT2D eigenvalue weighted by Crippen LogP contribution is -2.18. The lowest BCUT2D eigenvalue weighted by atomic mass is 10.2. The van der Waals surface area contributed by atoms with E-state index in [2.05, 4.69) is 14.9 Å². The van der Waals surface area contributed by atoms with Gasteiger partial charge >= 0.3 is 12.1 Å². The third-order valence-electron chi connectivity index (χ3n) is 2.77. The summed E-state index contributed by atoms with van der Waals surface area (Å²) in [6, 6.07) is 6.44. The van der Waals surface area contributed by atoms with E-state index >= 15 is 0 Å². The summed E-state index contributed by atoms with van der Waals surface area (Å²) in [4.78, 5) is 11.4. The minimum absolute atomic E-state index is 0.166. The van der Waals surface area contributed by atoms with Crippen molar-refractivity contribution in [2.45, 2.75) is 17.9 Å². The van der Waals surface area contributed by atoms with Crippen LogP contribution in [0.1, 0.15) is 10.4 Å². The SMILES string of the molecule is COC(=O)c1cccc(OCCSc2nncn2CC(F)(F)F)c1. The highest BCUT2D eigenvalue weighted by atomic mass is 32.2. The van der Waals surface area contributed by atoms with Gasteiger partial charge < -0.3 is 9.47 Å². The van der Waals surface area contributed by atoms with Crippen LogP contribution in [0.3, 0.4) is 0 Å². The minimum Gasteiger partial charge on any atom is -0.493 e. The van der Waals surface area contributed by atoms with Crippen LogP contribution in [-0.4, -0.2) is 46.4 Å². The molecule has 2 rings (SSSR count). The number of esters is 1. The van der Waals surface area contributed by atoms with Crippen LogP contribution in [-0.2, 0) is 11.3 Å². The van der Waals surface area contributed by atoms with Crippen molar-refractivity contribution in [1.29, 1.82) is 0 Å². The molecule has 1 aromatic heterocycles. The maximum Gasteiger partial charge on any atom is 0.406 e. The molecular formula is C14H14F3N3O3S. The van der Waals surface area contributed by atoms with Gasteiger partial charge in [0.25, 0.3) is 0 Å². The monoisotopic (exact) mass is 361 g/mol. The molecule has 0 aliphatic heterocycles. The number of ether oxygens (including phenoxy) is 2. The van der Waals surface area contributed by atoms with Crippen molar-refractivity contribution in [2.75, 3.05) is 19.5 Å². The van der Waals surface area contributed by atoms with E-state index in [-0.39, 0.29) is 11.8 Å². The summed E-state index contributed by atoms with van der Waals surface area (Å²) in [5, 5.41) is 7.30. The Morgan fingerprint density at radius 1 is 1.38 bits per heavy atom. The van der Waals surface area contributed by atoms with E-state index in [4.69, 9.17) is 4.74 Å². The number of hydrogen-bond acceptors (Lipinski definition) is 6. The maximum absolute atomic E-state index is 12.4. The van der Waals surface area contributed by atoms with Crippen molar-refractivity contribution in [3.05, 3.63) is 36.2 Å². The number of hydrogen-bond donors (Lipinski definition) is 0. The van der Waals surface area contributed by atoms with Gasteiger partial charge in [-0.25, -0.2) is 4.79 Å². The highest BCUT2D eigenvalue weighted by Gasteiger charge is 2.29. The zero-order valence-corrected chi connectivity index (χ0v) is 13.4. The fourth-order valence-electron chi connectivity index (χ4n) is 1.78. The van der Waals surface area contributed by atoms with Gasteiger partial charge in [0, 0.05) is 5.75 Å². The first-order valence-corrected chi connectivity index (χ1v) is 7.76. The van der Waals surface area contributed by atoms with E-state index in [0.717, 1.165) is 22.7 Å². The Kier molecular flexibility index (Phi) is 6.07. The van der Waals surface area contributed by atoms with Crippen LogP contribution in [0.4, 0.5) is 13.2 Å². The summed E-state index contributed by atoms with van der Waals surface area (Å²) in [7, 11) is 1.28. The molecule has 0 fully saturated rings. The van der Waals surface area contributed by atoms with E-state index in [1.54, 1.807) is 18.2 Å². The molecule has 0 N–H and O–H groups in total. The van der Waals surface area contributed by atoms with Gasteiger partial charge in [0.1, 0.15) is 18.6 Å². The largest absolute Gasteiger partial charge is 0.493 e. The second-order valence-electron chi connectivity index (χ2n) is 4.57. The van der Waals surface area contributed by atoms with E-state index in [0.29, 0.717) is 17.1 Å². The zero-order valence-electron chi connectivity index (χ0n) is 12.6. The number of carbonyl (C=O) groups excluding carboxylic acids is 1. The molecule has 0 spiro atoms. The third kappa shape index (κ3) is 5.44. The Bertz CT molecular complexity index is 691. The molecule has 130 valence electrons. The van der Waals surface area contributed by atoms with Crippen molar-refractivity contribution >= 4 is 17.7 Å². The van der Waals surface area contributed by atoms with Gasteiger partial charge in [-0.3, -0.25) is 4.57 Å². The fourth-order valence-corrected chi connectivity index (χ4v) is 2.51. The van der Waals surface area contributed by atoms with Gasteiger partial charge in [-0.15, -0.1) is 10.2 Å². The topological polar surface area (TPSA) is 66.2 Å². The first kappa shape index (κ1) is 18.1. The van der Waals surface area contributed by atoms with Gasteiger partial charge in [-0.2, -0.15) is 13.2 Å². The molecule has 1 aromatic carbocycles. The molecule has 0 saturated heterocycles. The Morgan fingerprint density at radius 2 is 2.17 bits per heavy atom. The first-order chi connectivity index (χ1) is 11.4. The Morgan fingerprint density at radius 3 is 2.88 bits per heavy atom. The van der Waals surface area contributed by atoms with Gasteiger partial charge in [0.05, 0.1) is 19.3 Å². The van der Waals surface area contributed by atoms with E-state index in [9.17, 15) is 18.0 Å². The highest BCUT2D eigenvalue weighted by molar-refractivity contribution is 7.99. The summed E-state index contributed by atoms with van der Waals surface area (Å²) in [6.45, 7) is -0.904. The van der Waals surface area contributed by atoms with Crippen molar-refractivity contribution < 1.29 is 27.4 Å². The number of methoxy groups -OCH3 is 1. The summed E-state index contributed by atoms with van der Waals surface area (Å²) < 4.78 is 48.2. The first-order valence-electron chi connectivity index (χ1n) is 6.77. The van der Waals surface area contributed by atoms with Gasteiger partial charge in [0.2, 0.25) is 0 Å². The standard InChI is InChI=1S/C14H14F3N3O3S/c1-22-12(21)10-3-2-4-11(7-10)23-5-6-24-13-19-18-9-20(13)8-14(15,16)17/h2-4,7,9H,5-6,8H2,1H3. The van der Waals surface area contributed by atoms with Crippen LogP contribution >= 0.6 is 11.8 Å². The van der Waals surface area contributed by atoms with Crippen LogP contribution < -0.4 is 4.74 Å². The van der Waals surface area contributed by atoms with Crippen LogP contribution in [0.5, 0.6) is 5.75 Å². The molecule has 24 heavy (non-hydrogen) atoms. The normalized spacial score (nSPS) is 11.3. The predicted octanol–water partition coefficient (Wildman–Crippen LogP) is 2.80. The molecule has 0 saturated carbocycles. The number of benzene rings is 1. The molecule has 0 atom stereocenters. The smallest absolute Gasteiger partial charge is 0.406 e. The number of rotatable bonds is 7. The van der Waals surface area contributed by atoms with Crippen LogP contribution in [0.25, 0.3) is 0 Å². The maximum atomic E-state index is 12.4. The molecular weight excluding hydrogens is 347 g/mol. The summed E-state index contributed by atoms with van der Waals surface area (Å²) in [5.41, 5.74) is 0.354. The summed E-state index contributed by atoms with van der Waals surface area (Å²) in [6.07, 6.45) is -3.29. The number of thioether (sulfide) groups is 1. The van der Waals surface area contributed by atoms with Crippen molar-refractivity contribution in [1.82, 2.24) is 14.8 Å². The average molecular weight is 361 g/mol. The summed E-state index contributed by atoms with van der Waals surface area (Å²) >= 11 is 1.10. The van der Waals surface area contributed by atoms with E-state index < -0.39 is 18.7 Å². The minimum atomic E-state index is -4.33. The lowest BCUT2D eigenvalue weighted by Gasteiger charge is -2.10. The molecule has 0 aliphatic rings. The fraction of sp³-hybridized carbons (Fsp3) is 0.357. The number of aromatic nitrogens is 3. The lowest BCUT2D eigenvalue weighted by molar-refractivity contribution is -0.142. The van der Waals surface area contributed by atoms with Crippen LogP contribution in [0.15, 0.2) is 35.7 Å². The second-order valence-corrected chi connectivity index (χ2v) is 5.64. The highest BCUT2D eigenvalue weighted by Crippen LogP contribution is 2.22. The zero-order chi connectivity index (χ0) is 17.6. The van der Waals surface area contributed by atoms with Crippen molar-refractivity contribution in [3.8, 4) is 5.75 Å². The second kappa shape index (κ2) is 8.04. The quantitative estimate of drug-likeness (QED) is 0.429. The van der Waals surface area contributed by atoms with Crippen LogP contribution in [0, 0.1) is 0 Å². The van der Waals surface area contributed by atoms with Crippen LogP contribution in [0.2, 0.25) is 0 Å². The predicted molar refractivity (Wildman–Crippen MR) is 80.1 cm³/mol. The van der Waals surface area contributed by atoms with Gasteiger partial charge in [-0.1, -0.05) is 17.8 Å². The number of alkyl halides is 3. The summed E-state index contributed by atoms with van der Waals surface area (Å²) in [5.74, 6) is 0.365. The number of halogens is 3. The molecule has 10 heteroatoms. The number of carbonyl (C=O) groups is 1. The molecule has 2 aromatic rings. The van der Waals surface area contributed by atoms with E-state index in [1.807, 2.05) is 0 Å². The Balaban J connectivity index is 1.84. The van der Waals surface area contributed by atoms with E-state index in [1.165, 1.54) is 13.2 Å². The number of nitrogens with zero attached hydrogens (tertiary/aromatic N) is 3. The van der Waals surface area contributed by atoms with Gasteiger partial charge in [0.15, 0.2) is 5.16 Å². The molecule has 6 nitrogen and oxygen atoms in total. The van der Waals surface area contributed by atoms with Crippen molar-refractivity contribution in [3.63, 3.8) is 0 Å². The third-order valence-corrected chi connectivity index (χ3v) is 3.71. The molecule has 0 radical (unpaired) electrons. The van der Waals surface area contributed by atoms with Crippen molar-refractivity contribution in [2.24, 2.45) is 0 Å². The molecule has 0 bridgehead atoms. The molecule has 0 unspecified atom stereocenters. The molecule has 1 heterocycles. The van der Waals surface area contributed by atoms with Gasteiger partial charge in [-0.05, 0) is 18.2 Å². The average Bonchev–Trinajstić information content (AvgIpc) is 2.96. The Labute approximate surface area is 140 Å². The Hall–Kier alpha value is -2.23. The molecule has 0 aliphatic carbocycles.